The van der Waals surface area contributed by atoms with Gasteiger partial charge < -0.3 is 15.7 Å². The Labute approximate surface area is 263 Å². The highest BCUT2D eigenvalue weighted by Crippen LogP contribution is 2.36. The molecule has 0 saturated heterocycles. The summed E-state index contributed by atoms with van der Waals surface area (Å²) in [5.41, 5.74) is 3.25. The number of carbonyl (C=O) groups excluding carboxylic acids is 1. The number of primary sulfonamides is 1. The van der Waals surface area contributed by atoms with Crippen LogP contribution < -0.4 is 15.8 Å². The van der Waals surface area contributed by atoms with Gasteiger partial charge in [-0.25, -0.2) is 18.4 Å². The van der Waals surface area contributed by atoms with E-state index in [1.54, 1.807) is 12.1 Å². The van der Waals surface area contributed by atoms with Gasteiger partial charge in [-0.2, -0.15) is 0 Å². The normalized spacial score (nSPS) is 16.6. The van der Waals surface area contributed by atoms with Gasteiger partial charge in [0.1, 0.15) is 6.04 Å². The molecule has 13 heteroatoms. The number of aryl methyl sites for hydroxylation is 1. The maximum atomic E-state index is 13.4. The maximum Gasteiger partial charge on any atom is 0.522 e. The molecule has 5 N–H and O–H groups in total. The molecule has 0 radical (unpaired) electrons. The Morgan fingerprint density at radius 2 is 1.78 bits per heavy atom. The van der Waals surface area contributed by atoms with E-state index < -0.39 is 46.5 Å². The van der Waals surface area contributed by atoms with Crippen LogP contribution in [0.1, 0.15) is 73.4 Å². The lowest BCUT2D eigenvalue weighted by molar-refractivity contribution is -0.330. The van der Waals surface area contributed by atoms with Gasteiger partial charge in [-0.15, -0.1) is 13.2 Å². The second kappa shape index (κ2) is 16.5. The van der Waals surface area contributed by atoms with Crippen molar-refractivity contribution < 1.29 is 41.0 Å². The summed E-state index contributed by atoms with van der Waals surface area (Å²) >= 11 is 0. The zero-order valence-electron chi connectivity index (χ0n) is 25.7. The zero-order chi connectivity index (χ0) is 33.2. The van der Waals surface area contributed by atoms with Gasteiger partial charge in [0.25, 0.3) is 5.91 Å². The van der Waals surface area contributed by atoms with Crippen molar-refractivity contribution in [2.24, 2.45) is 22.9 Å². The Hall–Kier alpha value is -3.00. The number of halogens is 3. The number of amides is 1. The molecule has 3 rings (SSSR count). The SMILES string of the molecule is CCC(COC(F)(F)F)C(CNCc1ccc(C(=O)N[C@@H](CCS(N)(=O)=O)C(=O)O)c(-c2ccccc2C)c1)C1CCCCC1. The molecule has 0 bridgehead atoms. The Morgan fingerprint density at radius 1 is 1.09 bits per heavy atom. The molecular weight excluding hydrogens is 611 g/mol. The number of rotatable bonds is 16. The van der Waals surface area contributed by atoms with E-state index in [0.29, 0.717) is 31.0 Å². The average Bonchev–Trinajstić information content (AvgIpc) is 2.98. The van der Waals surface area contributed by atoms with Crippen LogP contribution in [0.5, 0.6) is 0 Å². The third-order valence-corrected chi connectivity index (χ3v) is 9.42. The number of carboxylic acid groups (broad SMARTS) is 1. The van der Waals surface area contributed by atoms with Gasteiger partial charge in [-0.05, 0) is 72.0 Å². The van der Waals surface area contributed by atoms with Gasteiger partial charge in [-0.1, -0.05) is 75.8 Å². The fourth-order valence-corrected chi connectivity index (χ4v) is 6.75. The third-order valence-electron chi connectivity index (χ3n) is 8.61. The second-order valence-electron chi connectivity index (χ2n) is 11.8. The minimum atomic E-state index is -4.68. The smallest absolute Gasteiger partial charge is 0.480 e. The molecule has 2 aromatic rings. The molecule has 0 heterocycles. The molecule has 0 spiro atoms. The number of hydrogen-bond donors (Lipinski definition) is 4. The fraction of sp³-hybridized carbons (Fsp3) is 0.562. The zero-order valence-corrected chi connectivity index (χ0v) is 26.6. The van der Waals surface area contributed by atoms with Gasteiger partial charge in [0.15, 0.2) is 0 Å². The van der Waals surface area contributed by atoms with Crippen LogP contribution in [0.4, 0.5) is 13.2 Å². The van der Waals surface area contributed by atoms with Crippen LogP contribution in [-0.2, 0) is 26.1 Å². The lowest BCUT2D eigenvalue weighted by Crippen LogP contribution is -2.42. The number of hydrogen-bond acceptors (Lipinski definition) is 6. The average molecular weight is 656 g/mol. The van der Waals surface area contributed by atoms with E-state index in [9.17, 15) is 36.3 Å². The van der Waals surface area contributed by atoms with E-state index in [4.69, 9.17) is 5.14 Å². The van der Waals surface area contributed by atoms with Crippen molar-refractivity contribution in [1.29, 1.82) is 0 Å². The molecule has 9 nitrogen and oxygen atoms in total. The van der Waals surface area contributed by atoms with Crippen LogP contribution >= 0.6 is 0 Å². The highest BCUT2D eigenvalue weighted by molar-refractivity contribution is 7.89. The van der Waals surface area contributed by atoms with Crippen LogP contribution in [0.2, 0.25) is 0 Å². The topological polar surface area (TPSA) is 148 Å². The Morgan fingerprint density at radius 3 is 2.38 bits per heavy atom. The summed E-state index contributed by atoms with van der Waals surface area (Å²) < 4.78 is 65.7. The van der Waals surface area contributed by atoms with E-state index in [1.807, 2.05) is 44.2 Å². The molecule has 45 heavy (non-hydrogen) atoms. The van der Waals surface area contributed by atoms with Gasteiger partial charge in [-0.3, -0.25) is 9.53 Å². The molecule has 3 atom stereocenters. The molecule has 1 aliphatic rings. The van der Waals surface area contributed by atoms with Crippen molar-refractivity contribution in [3.8, 4) is 11.1 Å². The number of sulfonamides is 1. The van der Waals surface area contributed by atoms with Crippen LogP contribution in [0, 0.1) is 24.7 Å². The van der Waals surface area contributed by atoms with Gasteiger partial charge in [0, 0.05) is 12.1 Å². The monoisotopic (exact) mass is 655 g/mol. The second-order valence-corrected chi connectivity index (χ2v) is 13.6. The molecule has 1 aliphatic carbocycles. The van der Waals surface area contributed by atoms with Crippen molar-refractivity contribution >= 4 is 21.9 Å². The Kier molecular flexibility index (Phi) is 13.4. The fourth-order valence-electron chi connectivity index (χ4n) is 6.18. The quantitative estimate of drug-likeness (QED) is 0.190. The van der Waals surface area contributed by atoms with Crippen molar-refractivity contribution in [3.05, 3.63) is 59.2 Å². The molecule has 2 aromatic carbocycles. The molecule has 1 amide bonds. The van der Waals surface area contributed by atoms with Gasteiger partial charge in [0.05, 0.1) is 12.4 Å². The lowest BCUT2D eigenvalue weighted by Gasteiger charge is -2.36. The number of ether oxygens (including phenoxy) is 1. The maximum absolute atomic E-state index is 13.4. The summed E-state index contributed by atoms with van der Waals surface area (Å²) in [6.45, 7) is 4.31. The molecule has 0 aromatic heterocycles. The molecule has 0 aliphatic heterocycles. The highest BCUT2D eigenvalue weighted by Gasteiger charge is 2.35. The summed E-state index contributed by atoms with van der Waals surface area (Å²) in [6, 6.07) is 11.1. The first-order valence-corrected chi connectivity index (χ1v) is 17.0. The molecule has 1 saturated carbocycles. The van der Waals surface area contributed by atoms with E-state index in [2.05, 4.69) is 15.4 Å². The minimum absolute atomic E-state index is 0.00354. The largest absolute Gasteiger partial charge is 0.522 e. The first-order chi connectivity index (χ1) is 21.2. The molecule has 1 fully saturated rings. The highest BCUT2D eigenvalue weighted by atomic mass is 32.2. The van der Waals surface area contributed by atoms with Gasteiger partial charge >= 0.3 is 12.3 Å². The van der Waals surface area contributed by atoms with Gasteiger partial charge in [0.2, 0.25) is 10.0 Å². The van der Waals surface area contributed by atoms with Crippen molar-refractivity contribution in [2.75, 3.05) is 18.9 Å². The number of benzene rings is 2. The Bertz CT molecular complexity index is 1400. The summed E-state index contributed by atoms with van der Waals surface area (Å²) in [4.78, 5) is 25.1. The van der Waals surface area contributed by atoms with E-state index in [0.717, 1.165) is 48.8 Å². The summed E-state index contributed by atoms with van der Waals surface area (Å²) in [7, 11) is -3.93. The Balaban J connectivity index is 1.83. The number of aliphatic carboxylic acids is 1. The van der Waals surface area contributed by atoms with Crippen LogP contribution in [0.25, 0.3) is 11.1 Å². The lowest BCUT2D eigenvalue weighted by atomic mass is 9.73. The first-order valence-electron chi connectivity index (χ1n) is 15.3. The van der Waals surface area contributed by atoms with Crippen molar-refractivity contribution in [3.63, 3.8) is 0 Å². The minimum Gasteiger partial charge on any atom is -0.480 e. The third kappa shape index (κ3) is 11.7. The predicted molar refractivity (Wildman–Crippen MR) is 166 cm³/mol. The van der Waals surface area contributed by atoms with E-state index in [1.165, 1.54) is 0 Å². The summed E-state index contributed by atoms with van der Waals surface area (Å²) in [5, 5.41) is 20.5. The van der Waals surface area contributed by atoms with Crippen LogP contribution in [0.15, 0.2) is 42.5 Å². The standard InChI is InChI=1S/C32H44F3N3O6S/c1-3-23(20-44-32(33,34)35)28(24-10-5-4-6-11-24)19-37-18-22-13-14-26(27(17-22)25-12-8-7-9-21(25)2)30(39)38-29(31(40)41)15-16-45(36,42)43/h7-9,12-14,17,23-24,28-29,37H,3-6,10-11,15-16,18-20H2,1-2H3,(H,38,39)(H,40,41)(H2,36,42,43)/t23?,28?,29-/m0/s1. The summed E-state index contributed by atoms with van der Waals surface area (Å²) in [5.74, 6) is -2.62. The number of alkyl halides is 3. The number of carboxylic acids is 1. The summed E-state index contributed by atoms with van der Waals surface area (Å²) in [6.07, 6.45) is 0.705. The van der Waals surface area contributed by atoms with E-state index >= 15 is 0 Å². The van der Waals surface area contributed by atoms with Crippen molar-refractivity contribution in [1.82, 2.24) is 10.6 Å². The van der Waals surface area contributed by atoms with Crippen molar-refractivity contribution in [2.45, 2.75) is 77.7 Å². The van der Waals surface area contributed by atoms with Crippen LogP contribution in [-0.4, -0.2) is 56.7 Å². The van der Waals surface area contributed by atoms with E-state index in [-0.39, 0.29) is 24.0 Å². The predicted octanol–water partition coefficient (Wildman–Crippen LogP) is 5.37. The molecular formula is C32H44F3N3O6S. The molecule has 2 unspecified atom stereocenters. The number of nitrogens with two attached hydrogens (primary N) is 1. The number of nitrogens with one attached hydrogen (secondary N) is 2. The first kappa shape index (κ1) is 36.5. The van der Waals surface area contributed by atoms with Crippen LogP contribution in [0.3, 0.4) is 0 Å². The number of carbonyl (C=O) groups is 2. The molecule has 250 valence electrons.